The number of hydrogen-bond acceptors (Lipinski definition) is 5. The van der Waals surface area contributed by atoms with Gasteiger partial charge in [-0.25, -0.2) is 0 Å². The van der Waals surface area contributed by atoms with Crippen molar-refractivity contribution in [3.8, 4) is 0 Å². The molecular formula is C17H20N4O3. The van der Waals surface area contributed by atoms with Gasteiger partial charge in [0.05, 0.1) is 0 Å². The highest BCUT2D eigenvalue weighted by molar-refractivity contribution is 6.05. The summed E-state index contributed by atoms with van der Waals surface area (Å²) in [6.45, 7) is 3.41. The van der Waals surface area contributed by atoms with Crippen molar-refractivity contribution in [2.75, 3.05) is 25.0 Å². The maximum Gasteiger partial charge on any atom is 0.255 e. The number of piperidine rings is 1. The second kappa shape index (κ2) is 5.90. The highest BCUT2D eigenvalue weighted by atomic mass is 16.2. The van der Waals surface area contributed by atoms with Crippen LogP contribution in [0.4, 0.5) is 5.69 Å². The molecule has 3 heterocycles. The minimum Gasteiger partial charge on any atom is -0.385 e. The Balaban J connectivity index is 1.47. The first-order valence-corrected chi connectivity index (χ1v) is 8.34. The molecule has 0 bridgehead atoms. The van der Waals surface area contributed by atoms with E-state index in [2.05, 4.69) is 16.0 Å². The number of benzene rings is 1. The van der Waals surface area contributed by atoms with E-state index in [4.69, 9.17) is 0 Å². The highest BCUT2D eigenvalue weighted by Crippen LogP contribution is 2.29. The van der Waals surface area contributed by atoms with Gasteiger partial charge in [-0.1, -0.05) is 0 Å². The number of nitrogens with zero attached hydrogens (tertiary/aromatic N) is 1. The molecule has 1 aromatic rings. The summed E-state index contributed by atoms with van der Waals surface area (Å²) in [4.78, 5) is 37.5. The second-order valence-corrected chi connectivity index (χ2v) is 6.68. The summed E-state index contributed by atoms with van der Waals surface area (Å²) in [5.41, 5.74) is 2.58. The Kier molecular flexibility index (Phi) is 3.72. The molecule has 126 valence electrons. The van der Waals surface area contributed by atoms with Gasteiger partial charge in [0.1, 0.15) is 6.04 Å². The van der Waals surface area contributed by atoms with Crippen molar-refractivity contribution in [2.45, 2.75) is 25.4 Å². The van der Waals surface area contributed by atoms with Crippen LogP contribution in [-0.2, 0) is 16.1 Å². The predicted molar refractivity (Wildman–Crippen MR) is 87.3 cm³/mol. The molecule has 3 aliphatic rings. The topological polar surface area (TPSA) is 90.5 Å². The number of carbonyl (C=O) groups excluding carboxylic acids is 3. The lowest BCUT2D eigenvalue weighted by Crippen LogP contribution is -2.52. The summed E-state index contributed by atoms with van der Waals surface area (Å²) in [6.07, 6.45) is 0.670. The number of nitrogens with one attached hydrogen (secondary N) is 3. The summed E-state index contributed by atoms with van der Waals surface area (Å²) >= 11 is 0. The molecule has 0 radical (unpaired) electrons. The fourth-order valence-corrected chi connectivity index (χ4v) is 3.44. The average Bonchev–Trinajstić information content (AvgIpc) is 2.82. The minimum absolute atomic E-state index is 0.130. The van der Waals surface area contributed by atoms with Gasteiger partial charge in [-0.3, -0.25) is 19.7 Å². The van der Waals surface area contributed by atoms with Crippen molar-refractivity contribution in [1.82, 2.24) is 15.5 Å². The van der Waals surface area contributed by atoms with Gasteiger partial charge in [0.25, 0.3) is 5.91 Å². The van der Waals surface area contributed by atoms with Crippen LogP contribution in [0.15, 0.2) is 18.2 Å². The Morgan fingerprint density at radius 1 is 1.21 bits per heavy atom. The van der Waals surface area contributed by atoms with Crippen LogP contribution in [0.2, 0.25) is 0 Å². The van der Waals surface area contributed by atoms with E-state index >= 15 is 0 Å². The highest BCUT2D eigenvalue weighted by Gasteiger charge is 2.39. The zero-order valence-corrected chi connectivity index (χ0v) is 13.3. The first-order chi connectivity index (χ1) is 11.6. The van der Waals surface area contributed by atoms with Crippen LogP contribution in [-0.4, -0.2) is 48.3 Å². The van der Waals surface area contributed by atoms with Crippen LogP contribution in [0.1, 0.15) is 28.8 Å². The Morgan fingerprint density at radius 3 is 2.75 bits per heavy atom. The number of imide groups is 1. The lowest BCUT2D eigenvalue weighted by Gasteiger charge is -2.29. The Hall–Kier alpha value is -2.41. The van der Waals surface area contributed by atoms with Crippen molar-refractivity contribution in [1.29, 1.82) is 0 Å². The van der Waals surface area contributed by atoms with E-state index in [0.717, 1.165) is 30.9 Å². The molecule has 3 amide bonds. The smallest absolute Gasteiger partial charge is 0.255 e. The largest absolute Gasteiger partial charge is 0.385 e. The molecule has 4 rings (SSSR count). The van der Waals surface area contributed by atoms with Crippen LogP contribution in [0, 0.1) is 5.92 Å². The van der Waals surface area contributed by atoms with Crippen LogP contribution in [0.5, 0.6) is 0 Å². The predicted octanol–water partition coefficient (Wildman–Crippen LogP) is 0.0789. The van der Waals surface area contributed by atoms with E-state index < -0.39 is 6.04 Å². The van der Waals surface area contributed by atoms with Gasteiger partial charge < -0.3 is 15.5 Å². The van der Waals surface area contributed by atoms with Crippen LogP contribution >= 0.6 is 0 Å². The first kappa shape index (κ1) is 15.1. The number of amides is 3. The zero-order valence-electron chi connectivity index (χ0n) is 13.3. The van der Waals surface area contributed by atoms with E-state index in [1.54, 1.807) is 4.90 Å². The summed E-state index contributed by atoms with van der Waals surface area (Å²) < 4.78 is 0. The number of rotatable bonds is 4. The third-order valence-corrected chi connectivity index (χ3v) is 4.98. The van der Waals surface area contributed by atoms with Crippen LogP contribution in [0.25, 0.3) is 0 Å². The molecule has 0 aliphatic carbocycles. The molecular weight excluding hydrogens is 308 g/mol. The summed E-state index contributed by atoms with van der Waals surface area (Å²) in [5.74, 6) is -0.116. The van der Waals surface area contributed by atoms with Gasteiger partial charge >= 0.3 is 0 Å². The van der Waals surface area contributed by atoms with Crippen molar-refractivity contribution in [3.63, 3.8) is 0 Å². The van der Waals surface area contributed by atoms with E-state index in [1.807, 2.05) is 18.2 Å². The van der Waals surface area contributed by atoms with Gasteiger partial charge in [-0.15, -0.1) is 0 Å². The summed E-state index contributed by atoms with van der Waals surface area (Å²) in [7, 11) is 0. The van der Waals surface area contributed by atoms with Crippen molar-refractivity contribution < 1.29 is 14.4 Å². The summed E-state index contributed by atoms with van der Waals surface area (Å²) in [6, 6.07) is 5.17. The molecule has 1 atom stereocenters. The minimum atomic E-state index is -0.556. The van der Waals surface area contributed by atoms with Gasteiger partial charge in [0.2, 0.25) is 11.8 Å². The fourth-order valence-electron chi connectivity index (χ4n) is 3.44. The molecule has 0 saturated carbocycles. The van der Waals surface area contributed by atoms with Gasteiger partial charge in [-0.2, -0.15) is 0 Å². The Labute approximate surface area is 139 Å². The molecule has 24 heavy (non-hydrogen) atoms. The third-order valence-electron chi connectivity index (χ3n) is 4.98. The Bertz CT molecular complexity index is 714. The molecule has 0 aromatic heterocycles. The molecule has 3 aliphatic heterocycles. The standard InChI is InChI=1S/C17H20N4O3/c22-15-4-3-14(16(23)20-15)21-9-11-5-12(1-2-13(11)17(21)24)19-8-10-6-18-7-10/h1-2,5,10,14,18-19H,3-4,6-9H2,(H,20,22,23). The number of hydrogen-bond donors (Lipinski definition) is 3. The van der Waals surface area contributed by atoms with E-state index in [9.17, 15) is 14.4 Å². The molecule has 0 spiro atoms. The van der Waals surface area contributed by atoms with Crippen LogP contribution in [0.3, 0.4) is 0 Å². The molecule has 3 N–H and O–H groups in total. The molecule has 1 unspecified atom stereocenters. The normalized spacial score (nSPS) is 23.8. The number of carbonyl (C=O) groups is 3. The monoisotopic (exact) mass is 328 g/mol. The van der Waals surface area contributed by atoms with Crippen molar-refractivity contribution >= 4 is 23.4 Å². The SMILES string of the molecule is O=C1CCC(N2Cc3cc(NCC4CNC4)ccc3C2=O)C(=O)N1. The number of anilines is 1. The maximum absolute atomic E-state index is 12.6. The quantitative estimate of drug-likeness (QED) is 0.681. The molecule has 7 heteroatoms. The average molecular weight is 328 g/mol. The fraction of sp³-hybridized carbons (Fsp3) is 0.471. The zero-order chi connectivity index (χ0) is 16.7. The van der Waals surface area contributed by atoms with Gasteiger partial charge in [0, 0.05) is 49.8 Å². The van der Waals surface area contributed by atoms with E-state index in [0.29, 0.717) is 24.4 Å². The molecule has 2 fully saturated rings. The molecule has 7 nitrogen and oxygen atoms in total. The van der Waals surface area contributed by atoms with E-state index in [1.165, 1.54) is 0 Å². The first-order valence-electron chi connectivity index (χ1n) is 8.34. The van der Waals surface area contributed by atoms with E-state index in [-0.39, 0.29) is 24.1 Å². The van der Waals surface area contributed by atoms with Crippen LogP contribution < -0.4 is 16.0 Å². The van der Waals surface area contributed by atoms with Crippen molar-refractivity contribution in [2.24, 2.45) is 5.92 Å². The van der Waals surface area contributed by atoms with Crippen molar-refractivity contribution in [3.05, 3.63) is 29.3 Å². The Morgan fingerprint density at radius 2 is 2.04 bits per heavy atom. The lowest BCUT2D eigenvalue weighted by molar-refractivity contribution is -0.136. The van der Waals surface area contributed by atoms with Gasteiger partial charge in [0.15, 0.2) is 0 Å². The van der Waals surface area contributed by atoms with Gasteiger partial charge in [-0.05, 0) is 30.2 Å². The molecule has 1 aromatic carbocycles. The third kappa shape index (κ3) is 2.65. The molecule has 2 saturated heterocycles. The lowest BCUT2D eigenvalue weighted by atomic mass is 10.0. The maximum atomic E-state index is 12.6. The number of fused-ring (bicyclic) bond motifs is 1. The second-order valence-electron chi connectivity index (χ2n) is 6.68. The summed E-state index contributed by atoms with van der Waals surface area (Å²) in [5, 5.41) is 8.97.